The molecule has 104 valence electrons. The van der Waals surface area contributed by atoms with Gasteiger partial charge in [0.05, 0.1) is 7.11 Å². The highest BCUT2D eigenvalue weighted by Gasteiger charge is 2.31. The molecular weight excluding hydrogens is 252 g/mol. The third-order valence-electron chi connectivity index (χ3n) is 3.92. The Morgan fingerprint density at radius 3 is 2.60 bits per heavy atom. The molecule has 2 aromatic carbocycles. The summed E-state index contributed by atoms with van der Waals surface area (Å²) in [5.41, 5.74) is 2.31. The third kappa shape index (κ3) is 2.31. The number of phenols is 1. The predicted octanol–water partition coefficient (Wildman–Crippen LogP) is 3.51. The molecule has 20 heavy (non-hydrogen) atoms. The van der Waals surface area contributed by atoms with Crippen molar-refractivity contribution in [3.63, 3.8) is 0 Å². The summed E-state index contributed by atoms with van der Waals surface area (Å²) in [5.74, 6) is 2.32. The first-order valence-electron chi connectivity index (χ1n) is 6.80. The summed E-state index contributed by atoms with van der Waals surface area (Å²) in [6, 6.07) is 13.4. The van der Waals surface area contributed by atoms with Gasteiger partial charge in [-0.25, -0.2) is 0 Å². The smallest absolute Gasteiger partial charge is 0.123 e. The van der Waals surface area contributed by atoms with Crippen molar-refractivity contribution in [2.24, 2.45) is 0 Å². The van der Waals surface area contributed by atoms with E-state index in [4.69, 9.17) is 9.47 Å². The van der Waals surface area contributed by atoms with Crippen LogP contribution in [0, 0.1) is 0 Å². The van der Waals surface area contributed by atoms with Gasteiger partial charge in [-0.2, -0.15) is 0 Å². The fourth-order valence-electron chi connectivity index (χ4n) is 2.68. The lowest BCUT2D eigenvalue weighted by Crippen LogP contribution is -2.19. The molecule has 0 amide bonds. The Bertz CT molecular complexity index is 604. The van der Waals surface area contributed by atoms with Crippen LogP contribution in [0.4, 0.5) is 0 Å². The van der Waals surface area contributed by atoms with Crippen LogP contribution in [0.15, 0.2) is 42.5 Å². The zero-order valence-corrected chi connectivity index (χ0v) is 11.7. The maximum atomic E-state index is 9.58. The lowest BCUT2D eigenvalue weighted by molar-refractivity contribution is 0.211. The van der Waals surface area contributed by atoms with Crippen molar-refractivity contribution in [1.82, 2.24) is 0 Å². The first kappa shape index (κ1) is 12.9. The number of aromatic hydroxyl groups is 1. The van der Waals surface area contributed by atoms with E-state index >= 15 is 0 Å². The number of methoxy groups -OCH3 is 1. The van der Waals surface area contributed by atoms with Crippen molar-refractivity contribution < 1.29 is 14.6 Å². The molecule has 2 aromatic rings. The zero-order chi connectivity index (χ0) is 14.1. The second-order valence-electron chi connectivity index (χ2n) is 5.22. The normalized spacial score (nSPS) is 20.3. The molecule has 0 saturated carbocycles. The molecule has 2 atom stereocenters. The molecule has 0 saturated heterocycles. The van der Waals surface area contributed by atoms with Gasteiger partial charge in [-0.3, -0.25) is 0 Å². The van der Waals surface area contributed by atoms with Crippen molar-refractivity contribution in [2.45, 2.75) is 25.4 Å². The average Bonchev–Trinajstić information content (AvgIpc) is 2.76. The molecular formula is C17H18O3. The molecule has 0 fully saturated rings. The van der Waals surface area contributed by atoms with E-state index < -0.39 is 0 Å². The third-order valence-corrected chi connectivity index (χ3v) is 3.92. The van der Waals surface area contributed by atoms with Crippen LogP contribution in [0.3, 0.4) is 0 Å². The van der Waals surface area contributed by atoms with Gasteiger partial charge in [0.1, 0.15) is 23.4 Å². The number of hydrogen-bond acceptors (Lipinski definition) is 3. The van der Waals surface area contributed by atoms with Crippen LogP contribution >= 0.6 is 0 Å². The van der Waals surface area contributed by atoms with E-state index in [0.717, 1.165) is 23.5 Å². The van der Waals surface area contributed by atoms with Gasteiger partial charge in [0, 0.05) is 17.9 Å². The number of phenolic OH excluding ortho intramolecular Hbond substituents is 1. The molecule has 0 bridgehead atoms. The van der Waals surface area contributed by atoms with Crippen LogP contribution in [0.1, 0.15) is 24.0 Å². The van der Waals surface area contributed by atoms with Gasteiger partial charge in [0.15, 0.2) is 0 Å². The van der Waals surface area contributed by atoms with Crippen molar-refractivity contribution >= 4 is 0 Å². The lowest BCUT2D eigenvalue weighted by atomic mass is 9.93. The Kier molecular flexibility index (Phi) is 3.26. The van der Waals surface area contributed by atoms with E-state index in [9.17, 15) is 5.11 Å². The number of benzene rings is 2. The van der Waals surface area contributed by atoms with E-state index in [1.54, 1.807) is 19.2 Å². The highest BCUT2D eigenvalue weighted by Crippen LogP contribution is 2.40. The quantitative estimate of drug-likeness (QED) is 0.927. The van der Waals surface area contributed by atoms with Crippen molar-refractivity contribution in [3.8, 4) is 17.2 Å². The van der Waals surface area contributed by atoms with Gasteiger partial charge in [0.2, 0.25) is 0 Å². The second kappa shape index (κ2) is 5.08. The lowest BCUT2D eigenvalue weighted by Gasteiger charge is -2.15. The van der Waals surface area contributed by atoms with Crippen LogP contribution < -0.4 is 9.47 Å². The fourth-order valence-corrected chi connectivity index (χ4v) is 2.68. The first-order valence-corrected chi connectivity index (χ1v) is 6.80. The van der Waals surface area contributed by atoms with E-state index in [0.29, 0.717) is 5.75 Å². The minimum absolute atomic E-state index is 0.111. The topological polar surface area (TPSA) is 38.7 Å². The first-order chi connectivity index (χ1) is 9.67. The highest BCUT2D eigenvalue weighted by atomic mass is 16.5. The summed E-state index contributed by atoms with van der Waals surface area (Å²) in [7, 11) is 1.67. The van der Waals surface area contributed by atoms with Crippen molar-refractivity contribution in [2.75, 3.05) is 7.11 Å². The Morgan fingerprint density at radius 1 is 1.15 bits per heavy atom. The predicted molar refractivity (Wildman–Crippen MR) is 77.6 cm³/mol. The van der Waals surface area contributed by atoms with Crippen LogP contribution in [-0.2, 0) is 6.42 Å². The van der Waals surface area contributed by atoms with Gasteiger partial charge < -0.3 is 14.6 Å². The maximum Gasteiger partial charge on any atom is 0.123 e. The van der Waals surface area contributed by atoms with Gasteiger partial charge in [0.25, 0.3) is 0 Å². The molecule has 0 aromatic heterocycles. The van der Waals surface area contributed by atoms with Gasteiger partial charge in [-0.1, -0.05) is 19.1 Å². The minimum atomic E-state index is 0.111. The molecule has 3 rings (SSSR count). The molecule has 0 spiro atoms. The number of ether oxygens (including phenoxy) is 2. The standard InChI is InChI=1S/C17H18O3/c1-11-15-10-13(18)5-8-16(15)20-17(11)9-12-3-6-14(19-2)7-4-12/h3-8,10-11,17-18H,9H2,1-2H3/t11-,17-/m1/s1. The number of fused-ring (bicyclic) bond motifs is 1. The molecule has 1 N–H and O–H groups in total. The van der Waals surface area contributed by atoms with E-state index in [1.807, 2.05) is 18.2 Å². The van der Waals surface area contributed by atoms with E-state index in [1.165, 1.54) is 5.56 Å². The van der Waals surface area contributed by atoms with Gasteiger partial charge >= 0.3 is 0 Å². The number of hydrogen-bond donors (Lipinski definition) is 1. The summed E-state index contributed by atoms with van der Waals surface area (Å²) < 4.78 is 11.2. The molecule has 0 aliphatic carbocycles. The summed E-state index contributed by atoms with van der Waals surface area (Å²) in [5, 5.41) is 9.58. The fraction of sp³-hybridized carbons (Fsp3) is 0.294. The second-order valence-corrected chi connectivity index (χ2v) is 5.22. The monoisotopic (exact) mass is 270 g/mol. The average molecular weight is 270 g/mol. The number of rotatable bonds is 3. The SMILES string of the molecule is COc1ccc(C[C@H]2Oc3ccc(O)cc3[C@H]2C)cc1. The maximum absolute atomic E-state index is 9.58. The Balaban J connectivity index is 1.76. The van der Waals surface area contributed by atoms with Crippen LogP contribution in [0.5, 0.6) is 17.2 Å². The molecule has 1 aliphatic heterocycles. The molecule has 1 aliphatic rings. The minimum Gasteiger partial charge on any atom is -0.508 e. The molecule has 1 heterocycles. The molecule has 3 nitrogen and oxygen atoms in total. The Morgan fingerprint density at radius 2 is 1.90 bits per heavy atom. The summed E-state index contributed by atoms with van der Waals surface area (Å²) in [6.07, 6.45) is 0.959. The zero-order valence-electron chi connectivity index (χ0n) is 11.7. The largest absolute Gasteiger partial charge is 0.508 e. The summed E-state index contributed by atoms with van der Waals surface area (Å²) >= 11 is 0. The van der Waals surface area contributed by atoms with Crippen molar-refractivity contribution in [3.05, 3.63) is 53.6 Å². The molecule has 0 unspecified atom stereocenters. The highest BCUT2D eigenvalue weighted by molar-refractivity contribution is 5.45. The Hall–Kier alpha value is -2.16. The van der Waals surface area contributed by atoms with Crippen LogP contribution in [0.25, 0.3) is 0 Å². The summed E-state index contributed by atoms with van der Waals surface area (Å²) in [6.45, 7) is 2.14. The van der Waals surface area contributed by atoms with Crippen LogP contribution in [-0.4, -0.2) is 18.3 Å². The summed E-state index contributed by atoms with van der Waals surface area (Å²) in [4.78, 5) is 0. The Labute approximate surface area is 118 Å². The van der Waals surface area contributed by atoms with E-state index in [-0.39, 0.29) is 12.0 Å². The van der Waals surface area contributed by atoms with Gasteiger partial charge in [-0.15, -0.1) is 0 Å². The van der Waals surface area contributed by atoms with Gasteiger partial charge in [-0.05, 0) is 35.9 Å². The van der Waals surface area contributed by atoms with Crippen LogP contribution in [0.2, 0.25) is 0 Å². The molecule has 0 radical (unpaired) electrons. The molecule has 3 heteroatoms. The van der Waals surface area contributed by atoms with E-state index in [2.05, 4.69) is 19.1 Å². The van der Waals surface area contributed by atoms with Crippen molar-refractivity contribution in [1.29, 1.82) is 0 Å².